The van der Waals surface area contributed by atoms with E-state index in [0.29, 0.717) is 23.3 Å². The summed E-state index contributed by atoms with van der Waals surface area (Å²) in [5, 5.41) is 14.1. The van der Waals surface area contributed by atoms with E-state index in [-0.39, 0.29) is 18.1 Å². The van der Waals surface area contributed by atoms with Crippen LogP contribution >= 0.6 is 15.9 Å². The van der Waals surface area contributed by atoms with Crippen molar-refractivity contribution in [2.24, 2.45) is 0 Å². The lowest BCUT2D eigenvalue weighted by Gasteiger charge is -2.26. The number of fused-ring (bicyclic) bond motifs is 2. The summed E-state index contributed by atoms with van der Waals surface area (Å²) in [4.78, 5) is 22.7. The normalized spacial score (nSPS) is 16.4. The Morgan fingerprint density at radius 2 is 2.00 bits per heavy atom. The molecular formula is C29H28BrN3O3. The van der Waals surface area contributed by atoms with E-state index in [2.05, 4.69) is 33.2 Å². The van der Waals surface area contributed by atoms with Gasteiger partial charge in [-0.15, -0.1) is 6.42 Å². The molecule has 0 spiro atoms. The molecule has 0 saturated heterocycles. The Hall–Kier alpha value is -3.47. The first-order valence-electron chi connectivity index (χ1n) is 11.8. The van der Waals surface area contributed by atoms with Crippen molar-refractivity contribution in [3.8, 4) is 12.3 Å². The zero-order chi connectivity index (χ0) is 25.7. The van der Waals surface area contributed by atoms with E-state index in [1.807, 2.05) is 37.3 Å². The van der Waals surface area contributed by atoms with Gasteiger partial charge in [-0.1, -0.05) is 58.3 Å². The minimum Gasteiger partial charge on any atom is -0.501 e. The summed E-state index contributed by atoms with van der Waals surface area (Å²) in [5.41, 5.74) is 5.42. The second-order valence-corrected chi connectivity index (χ2v) is 9.95. The van der Waals surface area contributed by atoms with E-state index >= 15 is 0 Å². The van der Waals surface area contributed by atoms with E-state index < -0.39 is 6.10 Å². The number of carbonyl (C=O) groups is 1. The third kappa shape index (κ3) is 5.84. The predicted octanol–water partition coefficient (Wildman–Crippen LogP) is 5.77. The highest BCUT2D eigenvalue weighted by Gasteiger charge is 2.28. The topological polar surface area (TPSA) is 84.3 Å². The van der Waals surface area contributed by atoms with Crippen molar-refractivity contribution in [2.45, 2.75) is 45.1 Å². The molecule has 1 atom stereocenters. The number of aliphatic hydroxyl groups excluding tert-OH is 1. The molecule has 184 valence electrons. The lowest BCUT2D eigenvalue weighted by atomic mass is 9.85. The average molecular weight is 546 g/mol. The van der Waals surface area contributed by atoms with Gasteiger partial charge in [-0.3, -0.25) is 4.79 Å². The van der Waals surface area contributed by atoms with Gasteiger partial charge in [0.15, 0.2) is 5.82 Å². The van der Waals surface area contributed by atoms with Crippen LogP contribution < -0.4 is 5.32 Å². The van der Waals surface area contributed by atoms with Gasteiger partial charge in [-0.05, 0) is 59.5 Å². The van der Waals surface area contributed by atoms with Crippen molar-refractivity contribution in [2.75, 3.05) is 12.4 Å². The van der Waals surface area contributed by atoms with Gasteiger partial charge in [0.1, 0.15) is 11.8 Å². The Bertz CT molecular complexity index is 1330. The van der Waals surface area contributed by atoms with E-state index in [4.69, 9.17) is 21.1 Å². The molecule has 1 amide bonds. The quantitative estimate of drug-likeness (QED) is 0.341. The van der Waals surface area contributed by atoms with E-state index in [1.165, 1.54) is 5.57 Å². The molecule has 6 nitrogen and oxygen atoms in total. The highest BCUT2D eigenvalue weighted by Crippen LogP contribution is 2.40. The third-order valence-corrected chi connectivity index (χ3v) is 6.47. The number of rotatable bonds is 7. The number of halogens is 1. The van der Waals surface area contributed by atoms with Gasteiger partial charge < -0.3 is 15.2 Å². The van der Waals surface area contributed by atoms with E-state index in [1.54, 1.807) is 19.3 Å². The molecule has 2 aromatic rings. The van der Waals surface area contributed by atoms with Gasteiger partial charge in [-0.2, -0.15) is 0 Å². The summed E-state index contributed by atoms with van der Waals surface area (Å²) in [6.07, 6.45) is 13.2. The van der Waals surface area contributed by atoms with Crippen molar-refractivity contribution >= 4 is 33.2 Å². The maximum atomic E-state index is 12.9. The number of anilines is 1. The first-order valence-corrected chi connectivity index (χ1v) is 12.6. The number of terminal acetylenes is 1. The molecule has 4 rings (SSSR count). The highest BCUT2D eigenvalue weighted by atomic mass is 79.9. The van der Waals surface area contributed by atoms with E-state index in [0.717, 1.165) is 46.5 Å². The number of carbonyl (C=O) groups excluding carboxylic acids is 1. The number of ether oxygens (including phenoxy) is 1. The number of benzene rings is 1. The van der Waals surface area contributed by atoms with Crippen molar-refractivity contribution < 1.29 is 14.6 Å². The Labute approximate surface area is 220 Å². The van der Waals surface area contributed by atoms with Crippen LogP contribution in [0.1, 0.15) is 61.4 Å². The first-order chi connectivity index (χ1) is 17.4. The van der Waals surface area contributed by atoms with Crippen LogP contribution in [0.2, 0.25) is 0 Å². The number of amides is 1. The van der Waals surface area contributed by atoms with Gasteiger partial charge in [0.05, 0.1) is 30.7 Å². The minimum absolute atomic E-state index is 0.00675. The number of nitrogens with zero attached hydrogens (tertiary/aromatic N) is 2. The number of hydrogen-bond donors (Lipinski definition) is 2. The molecule has 0 radical (unpaired) electrons. The van der Waals surface area contributed by atoms with Crippen molar-refractivity contribution in [3.05, 3.63) is 92.6 Å². The molecule has 0 fully saturated rings. The summed E-state index contributed by atoms with van der Waals surface area (Å²) in [5.74, 6) is 3.45. The fourth-order valence-corrected chi connectivity index (χ4v) is 4.50. The summed E-state index contributed by atoms with van der Waals surface area (Å²) >= 11 is 3.35. The van der Waals surface area contributed by atoms with Gasteiger partial charge in [-0.25, -0.2) is 9.97 Å². The van der Waals surface area contributed by atoms with Gasteiger partial charge in [0.25, 0.3) is 0 Å². The largest absolute Gasteiger partial charge is 0.501 e. The SMILES string of the molecule is C#C/C(=C\C=C(/C)Br)CC(=O)Nc1nc2c(nc1C(O)c1ccccc1)C1=C(C=C(OC)CC1)CC2. The number of aromatic nitrogens is 2. The standard InChI is InChI=1S/C29H28BrN3O3/c1-4-19(11-10-18(2)30)16-25(34)32-29-27(28(35)20-8-6-5-7-9-20)33-26-23-14-13-22(36-3)17-21(23)12-15-24(26)31-29/h1,5-11,17,28,35H,12-16H2,2-3H3,(H,31,32,34)/b18-10+,19-11+. The van der Waals surface area contributed by atoms with E-state index in [9.17, 15) is 9.90 Å². The van der Waals surface area contributed by atoms with Crippen molar-refractivity contribution in [3.63, 3.8) is 0 Å². The highest BCUT2D eigenvalue weighted by molar-refractivity contribution is 9.11. The zero-order valence-corrected chi connectivity index (χ0v) is 21.9. The Morgan fingerprint density at radius 1 is 1.22 bits per heavy atom. The van der Waals surface area contributed by atoms with Crippen molar-refractivity contribution in [1.82, 2.24) is 9.97 Å². The summed E-state index contributed by atoms with van der Waals surface area (Å²) < 4.78 is 6.36. The first kappa shape index (κ1) is 25.6. The molecule has 7 heteroatoms. The number of methoxy groups -OCH3 is 1. The summed E-state index contributed by atoms with van der Waals surface area (Å²) in [6.45, 7) is 1.88. The molecular weight excluding hydrogens is 518 g/mol. The van der Waals surface area contributed by atoms with Gasteiger partial charge >= 0.3 is 0 Å². The van der Waals surface area contributed by atoms with Crippen LogP contribution in [-0.2, 0) is 16.0 Å². The molecule has 1 heterocycles. The number of aliphatic hydroxyl groups is 1. The molecule has 0 bridgehead atoms. The molecule has 36 heavy (non-hydrogen) atoms. The molecule has 0 saturated carbocycles. The molecule has 1 aromatic carbocycles. The van der Waals surface area contributed by atoms with Crippen LogP contribution in [0.5, 0.6) is 0 Å². The smallest absolute Gasteiger partial charge is 0.230 e. The summed E-state index contributed by atoms with van der Waals surface area (Å²) in [6, 6.07) is 9.23. The Balaban J connectivity index is 1.73. The monoisotopic (exact) mass is 545 g/mol. The molecule has 2 aliphatic carbocycles. The molecule has 2 N–H and O–H groups in total. The van der Waals surface area contributed by atoms with Crippen LogP contribution in [-0.4, -0.2) is 28.1 Å². The van der Waals surface area contributed by atoms with Crippen LogP contribution in [0, 0.1) is 12.3 Å². The van der Waals surface area contributed by atoms with Crippen LogP contribution in [0.15, 0.2) is 69.9 Å². The van der Waals surface area contributed by atoms with Crippen LogP contribution in [0.3, 0.4) is 0 Å². The van der Waals surface area contributed by atoms with Gasteiger partial charge in [0, 0.05) is 12.0 Å². The maximum Gasteiger partial charge on any atom is 0.230 e. The maximum absolute atomic E-state index is 12.9. The zero-order valence-electron chi connectivity index (χ0n) is 20.3. The number of allylic oxidation sites excluding steroid dienone is 7. The molecule has 1 unspecified atom stereocenters. The number of hydrogen-bond acceptors (Lipinski definition) is 5. The summed E-state index contributed by atoms with van der Waals surface area (Å²) in [7, 11) is 1.69. The second kappa shape index (κ2) is 11.5. The Kier molecular flexibility index (Phi) is 8.19. The second-order valence-electron chi connectivity index (χ2n) is 8.70. The van der Waals surface area contributed by atoms with Crippen LogP contribution in [0.4, 0.5) is 5.82 Å². The predicted molar refractivity (Wildman–Crippen MR) is 145 cm³/mol. The van der Waals surface area contributed by atoms with Gasteiger partial charge in [0.2, 0.25) is 5.91 Å². The fraction of sp³-hybridized carbons (Fsp3) is 0.276. The minimum atomic E-state index is -1.06. The lowest BCUT2D eigenvalue weighted by molar-refractivity contribution is -0.115. The average Bonchev–Trinajstić information content (AvgIpc) is 2.90. The fourth-order valence-electron chi connectivity index (χ4n) is 4.37. The lowest BCUT2D eigenvalue weighted by Crippen LogP contribution is -2.21. The Morgan fingerprint density at radius 3 is 2.69 bits per heavy atom. The third-order valence-electron chi connectivity index (χ3n) is 6.20. The van der Waals surface area contributed by atoms with Crippen LogP contribution in [0.25, 0.3) is 5.57 Å². The molecule has 0 aliphatic heterocycles. The molecule has 2 aliphatic rings. The molecule has 1 aromatic heterocycles. The van der Waals surface area contributed by atoms with Crippen molar-refractivity contribution in [1.29, 1.82) is 0 Å². The number of aryl methyl sites for hydroxylation is 1. The number of nitrogens with one attached hydrogen (secondary N) is 1.